The summed E-state index contributed by atoms with van der Waals surface area (Å²) in [7, 11) is 0. The van der Waals surface area contributed by atoms with Crippen LogP contribution < -0.4 is 22.1 Å². The average molecular weight is 533 g/mol. The minimum Gasteiger partial charge on any atom is -0.370 e. The lowest BCUT2D eigenvalue weighted by atomic mass is 9.99. The number of rotatable bonds is 13. The zero-order valence-electron chi connectivity index (χ0n) is 22.7. The first-order valence-electron chi connectivity index (χ1n) is 13.1. The molecule has 3 atom stereocenters. The summed E-state index contributed by atoms with van der Waals surface area (Å²) in [6, 6.07) is 4.52. The molecule has 2 rings (SSSR count). The summed E-state index contributed by atoms with van der Waals surface area (Å²) < 4.78 is 13.2. The second-order valence-electron chi connectivity index (χ2n) is 10.3. The number of aliphatic imine (C=N–C) groups is 1. The number of likely N-dealkylation sites (tertiary alicyclic amines) is 1. The maximum Gasteiger partial charge on any atom is 0.251 e. The van der Waals surface area contributed by atoms with Gasteiger partial charge in [-0.3, -0.25) is 24.2 Å². The summed E-state index contributed by atoms with van der Waals surface area (Å²) in [4.78, 5) is 57.0. The largest absolute Gasteiger partial charge is 0.370 e. The molecule has 10 nitrogen and oxygen atoms in total. The van der Waals surface area contributed by atoms with Crippen molar-refractivity contribution in [2.75, 3.05) is 19.8 Å². The molecule has 0 aliphatic carbocycles. The van der Waals surface area contributed by atoms with E-state index < -0.39 is 36.5 Å². The minimum atomic E-state index is -1.22. The molecule has 2 unspecified atom stereocenters. The van der Waals surface area contributed by atoms with Crippen molar-refractivity contribution in [3.8, 4) is 0 Å². The van der Waals surface area contributed by atoms with Crippen LogP contribution in [-0.2, 0) is 14.4 Å². The number of guanidine groups is 1. The number of nitrogens with two attached hydrogens (primary N) is 2. The van der Waals surface area contributed by atoms with Crippen molar-refractivity contribution in [2.24, 2.45) is 22.4 Å². The van der Waals surface area contributed by atoms with Crippen LogP contribution in [0.1, 0.15) is 75.2 Å². The lowest BCUT2D eigenvalue weighted by molar-refractivity contribution is -0.141. The number of ketones is 1. The van der Waals surface area contributed by atoms with Gasteiger partial charge in [0.15, 0.2) is 11.7 Å². The summed E-state index contributed by atoms with van der Waals surface area (Å²) in [5, 5.41) is 5.44. The number of amides is 3. The summed E-state index contributed by atoms with van der Waals surface area (Å²) in [6.45, 7) is 7.12. The number of nitrogens with zero attached hydrogens (tertiary/aromatic N) is 2. The molecule has 0 bridgehead atoms. The van der Waals surface area contributed by atoms with E-state index in [0.29, 0.717) is 37.3 Å². The van der Waals surface area contributed by atoms with E-state index in [9.17, 15) is 23.6 Å². The molecule has 6 N–H and O–H groups in total. The van der Waals surface area contributed by atoms with Gasteiger partial charge in [0.25, 0.3) is 5.91 Å². The highest BCUT2D eigenvalue weighted by Crippen LogP contribution is 2.21. The van der Waals surface area contributed by atoms with E-state index in [0.717, 1.165) is 5.56 Å². The highest BCUT2D eigenvalue weighted by atomic mass is 19.1. The van der Waals surface area contributed by atoms with E-state index in [-0.39, 0.29) is 36.7 Å². The Morgan fingerprint density at radius 3 is 2.29 bits per heavy atom. The van der Waals surface area contributed by atoms with Gasteiger partial charge in [-0.2, -0.15) is 0 Å². The van der Waals surface area contributed by atoms with E-state index in [1.807, 2.05) is 26.0 Å². The Morgan fingerprint density at radius 2 is 1.74 bits per heavy atom. The molecule has 0 radical (unpaired) electrons. The molecule has 1 aliphatic rings. The number of hydrogen-bond acceptors (Lipinski definition) is 5. The molecular formula is C27H41FN6O4. The zero-order valence-corrected chi connectivity index (χ0v) is 22.7. The molecule has 0 aromatic heterocycles. The average Bonchev–Trinajstić information content (AvgIpc) is 3.38. The van der Waals surface area contributed by atoms with Crippen LogP contribution in [0.4, 0.5) is 4.39 Å². The number of carbonyl (C=O) groups is 4. The number of carbonyl (C=O) groups excluding carboxylic acids is 4. The number of alkyl halides is 1. The van der Waals surface area contributed by atoms with E-state index in [1.165, 1.54) is 4.90 Å². The van der Waals surface area contributed by atoms with Gasteiger partial charge in [0.05, 0.1) is 6.04 Å². The molecule has 1 saturated heterocycles. The summed E-state index contributed by atoms with van der Waals surface area (Å²) >= 11 is 0. The summed E-state index contributed by atoms with van der Waals surface area (Å²) in [5.41, 5.74) is 12.1. The minimum absolute atomic E-state index is 0.0955. The molecule has 1 heterocycles. The van der Waals surface area contributed by atoms with E-state index in [1.54, 1.807) is 12.1 Å². The lowest BCUT2D eigenvalue weighted by Gasteiger charge is -2.31. The molecule has 1 aromatic rings. The Morgan fingerprint density at radius 1 is 1.08 bits per heavy atom. The smallest absolute Gasteiger partial charge is 0.251 e. The van der Waals surface area contributed by atoms with Crippen LogP contribution >= 0.6 is 0 Å². The van der Waals surface area contributed by atoms with Gasteiger partial charge in [-0.05, 0) is 55.2 Å². The fourth-order valence-corrected chi connectivity index (χ4v) is 4.42. The van der Waals surface area contributed by atoms with Gasteiger partial charge < -0.3 is 27.0 Å². The van der Waals surface area contributed by atoms with Gasteiger partial charge in [-0.25, -0.2) is 4.39 Å². The first kappa shape index (κ1) is 30.7. The van der Waals surface area contributed by atoms with Gasteiger partial charge in [-0.15, -0.1) is 0 Å². The topological polar surface area (TPSA) is 160 Å². The van der Waals surface area contributed by atoms with Crippen LogP contribution in [-0.4, -0.2) is 72.3 Å². The van der Waals surface area contributed by atoms with Gasteiger partial charge in [0.1, 0.15) is 18.8 Å². The molecule has 210 valence electrons. The number of benzene rings is 1. The van der Waals surface area contributed by atoms with Crippen LogP contribution in [0, 0.1) is 5.92 Å². The maximum absolute atomic E-state index is 13.5. The third kappa shape index (κ3) is 8.53. The maximum atomic E-state index is 13.5. The third-order valence-electron chi connectivity index (χ3n) is 6.68. The fourth-order valence-electron chi connectivity index (χ4n) is 4.42. The second kappa shape index (κ2) is 14.4. The van der Waals surface area contributed by atoms with Crippen molar-refractivity contribution in [1.82, 2.24) is 15.5 Å². The predicted molar refractivity (Wildman–Crippen MR) is 144 cm³/mol. The summed E-state index contributed by atoms with van der Waals surface area (Å²) in [6.07, 6.45) is 1.51. The Labute approximate surface area is 223 Å². The van der Waals surface area contributed by atoms with Crippen molar-refractivity contribution in [3.63, 3.8) is 0 Å². The molecule has 3 amide bonds. The van der Waals surface area contributed by atoms with Crippen molar-refractivity contribution in [3.05, 3.63) is 35.4 Å². The zero-order chi connectivity index (χ0) is 28.4. The normalized spacial score (nSPS) is 16.7. The van der Waals surface area contributed by atoms with Crippen LogP contribution in [0.25, 0.3) is 0 Å². The SMILES string of the molecule is CC(C)c1ccc(C(=O)NC(C(=O)N2CCC[C@H]2C(=O)NC(CCCN=C(N)N)C(=O)CF)C(C)C)cc1. The first-order chi connectivity index (χ1) is 18.0. The Balaban J connectivity index is 2.10. The molecule has 11 heteroatoms. The molecule has 1 aromatic carbocycles. The van der Waals surface area contributed by atoms with E-state index in [2.05, 4.69) is 29.5 Å². The van der Waals surface area contributed by atoms with Crippen molar-refractivity contribution >= 4 is 29.5 Å². The lowest BCUT2D eigenvalue weighted by Crippen LogP contribution is -2.56. The molecule has 1 aliphatic heterocycles. The van der Waals surface area contributed by atoms with Gasteiger partial charge in [0.2, 0.25) is 11.8 Å². The predicted octanol–water partition coefficient (Wildman–Crippen LogP) is 1.63. The third-order valence-corrected chi connectivity index (χ3v) is 6.68. The standard InChI is InChI=1S/C27H41FN6O4/c1-16(2)18-9-11-19(12-10-18)24(36)33-23(17(3)4)26(38)34-14-6-8-21(34)25(37)32-20(22(35)15-28)7-5-13-31-27(29)30/h9-12,16-17,20-21,23H,5-8,13-15H2,1-4H3,(H,32,37)(H,33,36)(H4,29,30,31)/t20?,21-,23?/m0/s1. The van der Waals surface area contributed by atoms with Crippen molar-refractivity contribution < 1.29 is 23.6 Å². The molecular weight excluding hydrogens is 491 g/mol. The van der Waals surface area contributed by atoms with Gasteiger partial charge >= 0.3 is 0 Å². The van der Waals surface area contributed by atoms with Crippen molar-refractivity contribution in [1.29, 1.82) is 0 Å². The highest BCUT2D eigenvalue weighted by Gasteiger charge is 2.39. The van der Waals surface area contributed by atoms with Gasteiger partial charge in [-0.1, -0.05) is 39.8 Å². The van der Waals surface area contributed by atoms with Crippen LogP contribution in [0.5, 0.6) is 0 Å². The Bertz CT molecular complexity index is 1010. The van der Waals surface area contributed by atoms with Gasteiger partial charge in [0, 0.05) is 18.7 Å². The second-order valence-corrected chi connectivity index (χ2v) is 10.3. The molecule has 0 spiro atoms. The quantitative estimate of drug-likeness (QED) is 0.172. The molecule has 38 heavy (non-hydrogen) atoms. The number of halogens is 1. The fraction of sp³-hybridized carbons (Fsp3) is 0.593. The van der Waals surface area contributed by atoms with Crippen LogP contribution in [0.2, 0.25) is 0 Å². The Hall–Kier alpha value is -3.50. The number of hydrogen-bond donors (Lipinski definition) is 4. The Kier molecular flexibility index (Phi) is 11.7. The number of Topliss-reactive ketones (excluding diaryl/α,β-unsaturated/α-hetero) is 1. The first-order valence-corrected chi connectivity index (χ1v) is 13.1. The van der Waals surface area contributed by atoms with Crippen LogP contribution in [0.15, 0.2) is 29.3 Å². The van der Waals surface area contributed by atoms with Crippen molar-refractivity contribution in [2.45, 2.75) is 77.4 Å². The van der Waals surface area contributed by atoms with Crippen LogP contribution in [0.3, 0.4) is 0 Å². The summed E-state index contributed by atoms with van der Waals surface area (Å²) in [5.74, 6) is -2.03. The molecule has 1 fully saturated rings. The van der Waals surface area contributed by atoms with E-state index >= 15 is 0 Å². The number of nitrogens with one attached hydrogen (secondary N) is 2. The monoisotopic (exact) mass is 532 g/mol. The van der Waals surface area contributed by atoms with E-state index in [4.69, 9.17) is 11.5 Å². The highest BCUT2D eigenvalue weighted by molar-refractivity contribution is 5.99. The molecule has 0 saturated carbocycles.